The first-order valence-electron chi connectivity index (χ1n) is 9.05. The summed E-state index contributed by atoms with van der Waals surface area (Å²) in [5, 5.41) is 0. The molecule has 1 heterocycles. The fraction of sp³-hybridized carbons (Fsp3) is 0.300. The molecular weight excluding hydrogens is 378 g/mol. The lowest BCUT2D eigenvalue weighted by Gasteiger charge is -2.31. The molecule has 0 spiro atoms. The van der Waals surface area contributed by atoms with Crippen molar-refractivity contribution in [3.05, 3.63) is 59.7 Å². The maximum atomic E-state index is 13.0. The van der Waals surface area contributed by atoms with Crippen LogP contribution >= 0.6 is 0 Å². The maximum absolute atomic E-state index is 13.0. The average molecular weight is 401 g/mol. The van der Waals surface area contributed by atoms with E-state index in [-0.39, 0.29) is 33.9 Å². The van der Waals surface area contributed by atoms with Gasteiger partial charge in [-0.2, -0.15) is 0 Å². The van der Waals surface area contributed by atoms with Crippen LogP contribution in [0.1, 0.15) is 28.8 Å². The van der Waals surface area contributed by atoms with Gasteiger partial charge >= 0.3 is 0 Å². The smallest absolute Gasteiger partial charge is 0.262 e. The summed E-state index contributed by atoms with van der Waals surface area (Å²) in [6.45, 7) is 2.53. The predicted molar refractivity (Wildman–Crippen MR) is 106 cm³/mol. The first kappa shape index (κ1) is 19.9. The number of para-hydroxylation sites is 1. The van der Waals surface area contributed by atoms with E-state index in [1.54, 1.807) is 54.3 Å². The van der Waals surface area contributed by atoms with Crippen LogP contribution in [0.25, 0.3) is 0 Å². The summed E-state index contributed by atoms with van der Waals surface area (Å²) in [7, 11) is -3.83. The first-order valence-corrected chi connectivity index (χ1v) is 10.5. The zero-order valence-electron chi connectivity index (χ0n) is 15.6. The number of hydrogen-bond acceptors (Lipinski definition) is 4. The van der Waals surface area contributed by atoms with Crippen molar-refractivity contribution in [1.29, 1.82) is 0 Å². The highest BCUT2D eigenvalue weighted by Crippen LogP contribution is 2.25. The molecule has 148 valence electrons. The molecule has 2 amide bonds. The van der Waals surface area contributed by atoms with Crippen LogP contribution in [-0.4, -0.2) is 38.2 Å². The Bertz CT molecular complexity index is 996. The Balaban J connectivity index is 1.83. The van der Waals surface area contributed by atoms with E-state index in [9.17, 15) is 18.0 Å². The zero-order valence-corrected chi connectivity index (χ0v) is 16.4. The second kappa shape index (κ2) is 8.02. The molecule has 0 unspecified atom stereocenters. The third kappa shape index (κ3) is 4.17. The van der Waals surface area contributed by atoms with Crippen molar-refractivity contribution in [3.63, 3.8) is 0 Å². The van der Waals surface area contributed by atoms with Gasteiger partial charge in [0, 0.05) is 19.0 Å². The molecule has 0 saturated carbocycles. The number of primary amides is 1. The summed E-state index contributed by atoms with van der Waals surface area (Å²) in [6, 6.07) is 13.2. The molecule has 0 radical (unpaired) electrons. The molecule has 2 aromatic rings. The molecule has 8 heteroatoms. The summed E-state index contributed by atoms with van der Waals surface area (Å²) >= 11 is 0. The third-order valence-electron chi connectivity index (χ3n) is 4.97. The van der Waals surface area contributed by atoms with E-state index in [4.69, 9.17) is 5.73 Å². The van der Waals surface area contributed by atoms with Crippen molar-refractivity contribution in [2.75, 3.05) is 17.8 Å². The lowest BCUT2D eigenvalue weighted by molar-refractivity contribution is -0.123. The number of carbonyl (C=O) groups excluding carboxylic acids is 2. The van der Waals surface area contributed by atoms with Crippen LogP contribution in [0.4, 0.5) is 5.69 Å². The highest BCUT2D eigenvalue weighted by Gasteiger charge is 2.28. The zero-order chi connectivity index (χ0) is 20.3. The molecule has 0 aliphatic carbocycles. The molecule has 7 nitrogen and oxygen atoms in total. The quantitative estimate of drug-likeness (QED) is 0.800. The van der Waals surface area contributed by atoms with E-state index >= 15 is 0 Å². The monoisotopic (exact) mass is 401 g/mol. The van der Waals surface area contributed by atoms with Gasteiger partial charge in [-0.05, 0) is 43.5 Å². The largest absolute Gasteiger partial charge is 0.369 e. The van der Waals surface area contributed by atoms with Gasteiger partial charge < -0.3 is 10.6 Å². The van der Waals surface area contributed by atoms with Crippen LogP contribution in [0, 0.1) is 12.8 Å². The SMILES string of the molecule is Cc1ccccc1S(=O)(=O)Nc1ccccc1C(=O)N1CCC(C(N)=O)CC1. The van der Waals surface area contributed by atoms with E-state index in [0.717, 1.165) is 0 Å². The highest BCUT2D eigenvalue weighted by atomic mass is 32.2. The van der Waals surface area contributed by atoms with Crippen molar-refractivity contribution in [2.24, 2.45) is 11.7 Å². The van der Waals surface area contributed by atoms with Gasteiger partial charge in [0.05, 0.1) is 16.1 Å². The van der Waals surface area contributed by atoms with E-state index in [1.807, 2.05) is 0 Å². The fourth-order valence-electron chi connectivity index (χ4n) is 3.35. The summed E-state index contributed by atoms with van der Waals surface area (Å²) in [4.78, 5) is 26.1. The number of sulfonamides is 1. The number of benzene rings is 2. The minimum Gasteiger partial charge on any atom is -0.369 e. The van der Waals surface area contributed by atoms with E-state index in [2.05, 4.69) is 4.72 Å². The number of carbonyl (C=O) groups is 2. The summed E-state index contributed by atoms with van der Waals surface area (Å²) in [5.74, 6) is -0.844. The topological polar surface area (TPSA) is 110 Å². The van der Waals surface area contributed by atoms with Crippen molar-refractivity contribution in [1.82, 2.24) is 4.90 Å². The van der Waals surface area contributed by atoms with Gasteiger partial charge in [-0.3, -0.25) is 14.3 Å². The van der Waals surface area contributed by atoms with E-state index in [0.29, 0.717) is 31.5 Å². The van der Waals surface area contributed by atoms with E-state index in [1.165, 1.54) is 6.07 Å². The number of nitrogens with zero attached hydrogens (tertiary/aromatic N) is 1. The fourth-order valence-corrected chi connectivity index (χ4v) is 4.68. The first-order chi connectivity index (χ1) is 13.3. The molecule has 0 bridgehead atoms. The lowest BCUT2D eigenvalue weighted by atomic mass is 9.96. The van der Waals surface area contributed by atoms with Crippen LogP contribution in [0.15, 0.2) is 53.4 Å². The van der Waals surface area contributed by atoms with Gasteiger partial charge in [0.25, 0.3) is 15.9 Å². The number of amides is 2. The van der Waals surface area contributed by atoms with Crippen LogP contribution in [0.2, 0.25) is 0 Å². The Morgan fingerprint density at radius 1 is 1.04 bits per heavy atom. The molecule has 3 N–H and O–H groups in total. The standard InChI is InChI=1S/C20H23N3O4S/c1-14-6-2-5-9-18(14)28(26,27)22-17-8-4-3-7-16(17)20(25)23-12-10-15(11-13-23)19(21)24/h2-9,15,22H,10-13H2,1H3,(H2,21,24). The van der Waals surface area contributed by atoms with Crippen molar-refractivity contribution in [3.8, 4) is 0 Å². The Kier molecular flexibility index (Phi) is 5.69. The maximum Gasteiger partial charge on any atom is 0.262 e. The summed E-state index contributed by atoms with van der Waals surface area (Å²) < 4.78 is 28.1. The molecule has 1 saturated heterocycles. The minimum atomic E-state index is -3.83. The number of hydrogen-bond donors (Lipinski definition) is 2. The van der Waals surface area contributed by atoms with Gasteiger partial charge in [0.15, 0.2) is 0 Å². The van der Waals surface area contributed by atoms with Gasteiger partial charge in [0.1, 0.15) is 0 Å². The van der Waals surface area contributed by atoms with Crippen LogP contribution in [0.3, 0.4) is 0 Å². The number of nitrogens with one attached hydrogen (secondary N) is 1. The Morgan fingerprint density at radius 3 is 2.29 bits per heavy atom. The van der Waals surface area contributed by atoms with Crippen LogP contribution in [-0.2, 0) is 14.8 Å². The summed E-state index contributed by atoms with van der Waals surface area (Å²) in [5.41, 5.74) is 6.46. The van der Waals surface area contributed by atoms with E-state index < -0.39 is 10.0 Å². The highest BCUT2D eigenvalue weighted by molar-refractivity contribution is 7.92. The number of rotatable bonds is 5. The van der Waals surface area contributed by atoms with Crippen LogP contribution in [0.5, 0.6) is 0 Å². The molecule has 1 aliphatic rings. The molecule has 3 rings (SSSR count). The van der Waals surface area contributed by atoms with Gasteiger partial charge in [0.2, 0.25) is 5.91 Å². The number of nitrogens with two attached hydrogens (primary N) is 1. The van der Waals surface area contributed by atoms with Gasteiger partial charge in [-0.25, -0.2) is 8.42 Å². The molecule has 0 atom stereocenters. The third-order valence-corrected chi connectivity index (χ3v) is 6.50. The summed E-state index contributed by atoms with van der Waals surface area (Å²) in [6.07, 6.45) is 1.02. The Morgan fingerprint density at radius 2 is 1.64 bits per heavy atom. The number of piperidine rings is 1. The Hall–Kier alpha value is -2.87. The number of aryl methyl sites for hydroxylation is 1. The second-order valence-electron chi connectivity index (χ2n) is 6.89. The molecule has 1 aliphatic heterocycles. The molecule has 0 aromatic heterocycles. The predicted octanol–water partition coefficient (Wildman–Crippen LogP) is 2.13. The lowest BCUT2D eigenvalue weighted by Crippen LogP contribution is -2.42. The molecule has 1 fully saturated rings. The van der Waals surface area contributed by atoms with Crippen molar-refractivity contribution >= 4 is 27.5 Å². The van der Waals surface area contributed by atoms with Gasteiger partial charge in [-0.1, -0.05) is 30.3 Å². The van der Waals surface area contributed by atoms with Crippen LogP contribution < -0.4 is 10.5 Å². The number of anilines is 1. The Labute approximate surface area is 164 Å². The normalized spacial score (nSPS) is 15.2. The average Bonchev–Trinajstić information content (AvgIpc) is 2.68. The van der Waals surface area contributed by atoms with Gasteiger partial charge in [-0.15, -0.1) is 0 Å². The minimum absolute atomic E-state index is 0.166. The molecule has 28 heavy (non-hydrogen) atoms. The molecular formula is C20H23N3O4S. The van der Waals surface area contributed by atoms with Crippen molar-refractivity contribution < 1.29 is 18.0 Å². The van der Waals surface area contributed by atoms with Crippen molar-refractivity contribution in [2.45, 2.75) is 24.7 Å². The second-order valence-corrected chi connectivity index (χ2v) is 8.54. The number of likely N-dealkylation sites (tertiary alicyclic amines) is 1. The molecule has 2 aromatic carbocycles.